The highest BCUT2D eigenvalue weighted by Gasteiger charge is 2.17. The lowest BCUT2D eigenvalue weighted by atomic mass is 9.97. The number of rotatable bonds is 7. The van der Waals surface area contributed by atoms with Gasteiger partial charge in [-0.15, -0.1) is 0 Å². The van der Waals surface area contributed by atoms with Gasteiger partial charge in [0.2, 0.25) is 0 Å². The Hall–Kier alpha value is -1.89. The van der Waals surface area contributed by atoms with Crippen molar-refractivity contribution >= 4 is 11.7 Å². The lowest BCUT2D eigenvalue weighted by Gasteiger charge is -2.20. The second-order valence-corrected chi connectivity index (χ2v) is 4.95. The first-order chi connectivity index (χ1) is 10.4. The third kappa shape index (κ3) is 4.84. The van der Waals surface area contributed by atoms with Crippen molar-refractivity contribution in [1.82, 2.24) is 5.32 Å². The quantitative estimate of drug-likeness (QED) is 0.724. The minimum Gasteiger partial charge on any atom is -0.494 e. The van der Waals surface area contributed by atoms with Gasteiger partial charge in [-0.05, 0) is 5.92 Å². The van der Waals surface area contributed by atoms with E-state index in [1.165, 1.54) is 7.11 Å². The zero-order chi connectivity index (χ0) is 16.7. The van der Waals surface area contributed by atoms with E-state index in [-0.39, 0.29) is 23.9 Å². The van der Waals surface area contributed by atoms with Gasteiger partial charge >= 0.3 is 6.03 Å². The Labute approximate surface area is 128 Å². The Morgan fingerprint density at radius 3 is 2.45 bits per heavy atom. The van der Waals surface area contributed by atoms with E-state index < -0.39 is 23.8 Å². The largest absolute Gasteiger partial charge is 0.494 e. The fourth-order valence-electron chi connectivity index (χ4n) is 2.14. The topological polar surface area (TPSA) is 70.6 Å². The van der Waals surface area contributed by atoms with Crippen LogP contribution in [0.25, 0.3) is 0 Å². The van der Waals surface area contributed by atoms with Crippen LogP contribution in [-0.4, -0.2) is 30.9 Å². The van der Waals surface area contributed by atoms with Crippen LogP contribution >= 0.6 is 0 Å². The molecule has 1 aromatic carbocycles. The summed E-state index contributed by atoms with van der Waals surface area (Å²) in [7, 11) is 1.22. The number of halogens is 2. The maximum Gasteiger partial charge on any atom is 0.319 e. The Bertz CT molecular complexity index is 508. The molecule has 7 heteroatoms. The van der Waals surface area contributed by atoms with Gasteiger partial charge in [-0.3, -0.25) is 0 Å². The molecule has 3 N–H and O–H groups in total. The number of amides is 2. The molecule has 0 aliphatic heterocycles. The number of ether oxygens (including phenoxy) is 1. The Balaban J connectivity index is 2.61. The molecule has 0 spiro atoms. The van der Waals surface area contributed by atoms with Crippen molar-refractivity contribution in [3.8, 4) is 5.75 Å². The standard InChI is InChI=1S/C15H22F2N2O3/c1-4-9(5-2)13(20)8-18-15(21)19-12-6-11(17)14(22-3)7-10(12)16/h6-7,9,13,20H,4-5,8H2,1-3H3,(H2,18,19,21). The molecule has 1 aromatic rings. The lowest BCUT2D eigenvalue weighted by Crippen LogP contribution is -2.38. The Morgan fingerprint density at radius 2 is 1.91 bits per heavy atom. The molecule has 0 bridgehead atoms. The van der Waals surface area contributed by atoms with E-state index in [0.29, 0.717) is 0 Å². The highest BCUT2D eigenvalue weighted by Crippen LogP contribution is 2.24. The fraction of sp³-hybridized carbons (Fsp3) is 0.533. The Kier molecular flexibility index (Phi) is 7.04. The summed E-state index contributed by atoms with van der Waals surface area (Å²) in [4.78, 5) is 11.7. The van der Waals surface area contributed by atoms with Crippen LogP contribution in [-0.2, 0) is 0 Å². The summed E-state index contributed by atoms with van der Waals surface area (Å²) in [6.45, 7) is 3.94. The van der Waals surface area contributed by atoms with Gasteiger partial charge in [0.15, 0.2) is 17.4 Å². The zero-order valence-corrected chi connectivity index (χ0v) is 13.0. The number of hydrogen-bond acceptors (Lipinski definition) is 3. The molecule has 0 aliphatic carbocycles. The van der Waals surface area contributed by atoms with Gasteiger partial charge in [0.1, 0.15) is 0 Å². The van der Waals surface area contributed by atoms with Crippen LogP contribution in [0.15, 0.2) is 12.1 Å². The van der Waals surface area contributed by atoms with Gasteiger partial charge in [-0.1, -0.05) is 26.7 Å². The summed E-state index contributed by atoms with van der Waals surface area (Å²) in [6.07, 6.45) is 0.900. The summed E-state index contributed by atoms with van der Waals surface area (Å²) in [5.41, 5.74) is -0.298. The Morgan fingerprint density at radius 1 is 1.27 bits per heavy atom. The molecule has 1 unspecified atom stereocenters. The number of aliphatic hydroxyl groups excluding tert-OH is 1. The van der Waals surface area contributed by atoms with Gasteiger partial charge in [-0.25, -0.2) is 13.6 Å². The molecule has 0 saturated carbocycles. The molecule has 0 aromatic heterocycles. The highest BCUT2D eigenvalue weighted by atomic mass is 19.1. The summed E-state index contributed by atoms with van der Waals surface area (Å²) in [5, 5.41) is 14.5. The van der Waals surface area contributed by atoms with Crippen molar-refractivity contribution < 1.29 is 23.4 Å². The number of benzene rings is 1. The molecule has 0 radical (unpaired) electrons. The van der Waals surface area contributed by atoms with E-state index >= 15 is 0 Å². The minimum absolute atomic E-state index is 0.0401. The van der Waals surface area contributed by atoms with Crippen LogP contribution in [0.3, 0.4) is 0 Å². The summed E-state index contributed by atoms with van der Waals surface area (Å²) in [6, 6.07) is 0.975. The van der Waals surface area contributed by atoms with Crippen molar-refractivity contribution in [1.29, 1.82) is 0 Å². The smallest absolute Gasteiger partial charge is 0.319 e. The maximum absolute atomic E-state index is 13.7. The number of methoxy groups -OCH3 is 1. The molecule has 0 saturated heterocycles. The molecule has 0 aliphatic rings. The molecule has 5 nitrogen and oxygen atoms in total. The summed E-state index contributed by atoms with van der Waals surface area (Å²) >= 11 is 0. The fourth-order valence-corrected chi connectivity index (χ4v) is 2.14. The number of aliphatic hydroxyl groups is 1. The van der Waals surface area contributed by atoms with E-state index in [1.54, 1.807) is 0 Å². The van der Waals surface area contributed by atoms with Crippen LogP contribution in [0.2, 0.25) is 0 Å². The number of carbonyl (C=O) groups excluding carboxylic acids is 1. The molecule has 1 rings (SSSR count). The van der Waals surface area contributed by atoms with Crippen LogP contribution in [0.4, 0.5) is 19.3 Å². The van der Waals surface area contributed by atoms with E-state index in [9.17, 15) is 18.7 Å². The number of hydrogen-bond donors (Lipinski definition) is 3. The first kappa shape index (κ1) is 18.2. The van der Waals surface area contributed by atoms with E-state index in [1.807, 2.05) is 13.8 Å². The SMILES string of the molecule is CCC(CC)C(O)CNC(=O)Nc1cc(F)c(OC)cc1F. The second kappa shape index (κ2) is 8.53. The number of anilines is 1. The van der Waals surface area contributed by atoms with Crippen molar-refractivity contribution in [3.05, 3.63) is 23.8 Å². The molecular weight excluding hydrogens is 294 g/mol. The zero-order valence-electron chi connectivity index (χ0n) is 13.0. The van der Waals surface area contributed by atoms with E-state index in [4.69, 9.17) is 0 Å². The van der Waals surface area contributed by atoms with E-state index in [0.717, 1.165) is 25.0 Å². The second-order valence-electron chi connectivity index (χ2n) is 4.95. The van der Waals surface area contributed by atoms with Crippen LogP contribution in [0, 0.1) is 17.6 Å². The van der Waals surface area contributed by atoms with Crippen molar-refractivity contribution in [2.24, 2.45) is 5.92 Å². The highest BCUT2D eigenvalue weighted by molar-refractivity contribution is 5.89. The predicted octanol–water partition coefficient (Wildman–Crippen LogP) is 2.89. The minimum atomic E-state index is -0.811. The molecule has 1 atom stereocenters. The van der Waals surface area contributed by atoms with Gasteiger partial charge < -0.3 is 20.5 Å². The third-order valence-corrected chi connectivity index (χ3v) is 3.55. The van der Waals surface area contributed by atoms with Crippen molar-refractivity contribution in [2.45, 2.75) is 32.8 Å². The molecule has 22 heavy (non-hydrogen) atoms. The summed E-state index contributed by atoms with van der Waals surface area (Å²) in [5.74, 6) is -1.76. The molecule has 124 valence electrons. The normalized spacial score (nSPS) is 12.1. The molecule has 0 heterocycles. The number of nitrogens with one attached hydrogen (secondary N) is 2. The van der Waals surface area contributed by atoms with Gasteiger partial charge in [0.05, 0.1) is 18.9 Å². The average Bonchev–Trinajstić information content (AvgIpc) is 2.49. The van der Waals surface area contributed by atoms with E-state index in [2.05, 4.69) is 15.4 Å². The first-order valence-corrected chi connectivity index (χ1v) is 7.18. The first-order valence-electron chi connectivity index (χ1n) is 7.18. The van der Waals surface area contributed by atoms with Gasteiger partial charge in [-0.2, -0.15) is 0 Å². The summed E-state index contributed by atoms with van der Waals surface area (Å²) < 4.78 is 31.8. The van der Waals surface area contributed by atoms with Crippen molar-refractivity contribution in [2.75, 3.05) is 19.0 Å². The van der Waals surface area contributed by atoms with Crippen LogP contribution < -0.4 is 15.4 Å². The van der Waals surface area contributed by atoms with Gasteiger partial charge in [0.25, 0.3) is 0 Å². The van der Waals surface area contributed by atoms with Crippen LogP contribution in [0.1, 0.15) is 26.7 Å². The predicted molar refractivity (Wildman–Crippen MR) is 80.0 cm³/mol. The third-order valence-electron chi connectivity index (χ3n) is 3.55. The van der Waals surface area contributed by atoms with Crippen LogP contribution in [0.5, 0.6) is 5.75 Å². The van der Waals surface area contributed by atoms with Crippen molar-refractivity contribution in [3.63, 3.8) is 0 Å². The number of carbonyl (C=O) groups is 1. The average molecular weight is 316 g/mol. The number of urea groups is 1. The molecule has 2 amide bonds. The molecule has 0 fully saturated rings. The lowest BCUT2D eigenvalue weighted by molar-refractivity contribution is 0.104. The molecular formula is C15H22F2N2O3. The monoisotopic (exact) mass is 316 g/mol. The maximum atomic E-state index is 13.7. The van der Waals surface area contributed by atoms with Gasteiger partial charge in [0, 0.05) is 18.7 Å².